The molecule has 0 amide bonds. The first-order valence-electron chi connectivity index (χ1n) is 6.95. The summed E-state index contributed by atoms with van der Waals surface area (Å²) in [5, 5.41) is 30.9. The topological polar surface area (TPSA) is 76.9 Å². The molecule has 0 aliphatic carbocycles. The second kappa shape index (κ2) is 7.00. The van der Waals surface area contributed by atoms with Crippen LogP contribution in [0.25, 0.3) is 0 Å². The van der Waals surface area contributed by atoms with Crippen molar-refractivity contribution in [1.29, 1.82) is 0 Å². The zero-order valence-corrected chi connectivity index (χ0v) is 14.1. The Morgan fingerprint density at radius 1 is 1.52 bits per heavy atom. The van der Waals surface area contributed by atoms with E-state index < -0.39 is 11.2 Å². The molecule has 2 atom stereocenters. The number of rotatable bonds is 5. The molecule has 1 fully saturated rings. The van der Waals surface area contributed by atoms with E-state index in [4.69, 9.17) is 0 Å². The van der Waals surface area contributed by atoms with Gasteiger partial charge in [-0.2, -0.15) is 23.1 Å². The molecule has 0 aromatic carbocycles. The molecular formula is C14H23N3O2S2. The summed E-state index contributed by atoms with van der Waals surface area (Å²) < 4.78 is 0. The van der Waals surface area contributed by atoms with Crippen molar-refractivity contribution in [3.8, 4) is 0 Å². The zero-order chi connectivity index (χ0) is 15.3. The van der Waals surface area contributed by atoms with Crippen LogP contribution in [0.4, 0.5) is 0 Å². The lowest BCUT2D eigenvalue weighted by atomic mass is 9.99. The molecule has 0 radical (unpaired) electrons. The molecule has 0 bridgehead atoms. The summed E-state index contributed by atoms with van der Waals surface area (Å²) in [7, 11) is 1.68. The fourth-order valence-corrected chi connectivity index (χ4v) is 4.21. The first-order valence-corrected chi connectivity index (χ1v) is 9.05. The molecule has 118 valence electrons. The molecule has 0 spiro atoms. The lowest BCUT2D eigenvalue weighted by Crippen LogP contribution is -2.49. The van der Waals surface area contributed by atoms with Crippen LogP contribution >= 0.6 is 23.1 Å². The minimum Gasteiger partial charge on any atom is -0.387 e. The Morgan fingerprint density at radius 2 is 2.33 bits per heavy atom. The zero-order valence-electron chi connectivity index (χ0n) is 12.4. The van der Waals surface area contributed by atoms with Crippen molar-refractivity contribution in [2.75, 3.05) is 31.6 Å². The Labute approximate surface area is 133 Å². The summed E-state index contributed by atoms with van der Waals surface area (Å²) in [5.41, 5.74) is -0.711. The standard InChI is InChI=1S/C14H23N3O2S2/c1-13(18,11-3-5-20-7-11)8-16-12(15-2)17-9-14(19)4-6-21-10-14/h3,5,7,18-19H,4,6,8-10H2,1-2H3,(H2,15,16,17). The molecule has 2 heterocycles. The Balaban J connectivity index is 1.83. The number of thioether (sulfide) groups is 1. The first kappa shape index (κ1) is 16.6. The second-order valence-electron chi connectivity index (χ2n) is 5.59. The fourth-order valence-electron chi connectivity index (χ4n) is 2.13. The average molecular weight is 329 g/mol. The van der Waals surface area contributed by atoms with Crippen molar-refractivity contribution in [3.63, 3.8) is 0 Å². The molecular weight excluding hydrogens is 306 g/mol. The highest BCUT2D eigenvalue weighted by atomic mass is 32.2. The molecule has 1 aromatic heterocycles. The SMILES string of the molecule is CN=C(NCC1(O)CCSC1)NCC(C)(O)c1ccsc1. The summed E-state index contributed by atoms with van der Waals surface area (Å²) in [4.78, 5) is 4.13. The summed E-state index contributed by atoms with van der Waals surface area (Å²) >= 11 is 3.33. The van der Waals surface area contributed by atoms with Crippen LogP contribution < -0.4 is 10.6 Å². The van der Waals surface area contributed by atoms with Crippen molar-refractivity contribution in [3.05, 3.63) is 22.4 Å². The van der Waals surface area contributed by atoms with E-state index in [1.807, 2.05) is 16.8 Å². The van der Waals surface area contributed by atoms with Gasteiger partial charge < -0.3 is 20.8 Å². The number of hydrogen-bond donors (Lipinski definition) is 4. The van der Waals surface area contributed by atoms with Gasteiger partial charge in [-0.3, -0.25) is 4.99 Å². The van der Waals surface area contributed by atoms with Gasteiger partial charge in [-0.1, -0.05) is 0 Å². The molecule has 1 aliphatic heterocycles. The van der Waals surface area contributed by atoms with E-state index in [1.165, 1.54) is 0 Å². The van der Waals surface area contributed by atoms with E-state index in [1.54, 1.807) is 37.1 Å². The molecule has 7 heteroatoms. The van der Waals surface area contributed by atoms with Crippen LogP contribution in [0.15, 0.2) is 21.8 Å². The second-order valence-corrected chi connectivity index (χ2v) is 7.48. The third kappa shape index (κ3) is 4.60. The predicted molar refractivity (Wildman–Crippen MR) is 90.1 cm³/mol. The van der Waals surface area contributed by atoms with Gasteiger partial charge in [-0.25, -0.2) is 0 Å². The van der Waals surface area contributed by atoms with E-state index in [0.717, 1.165) is 23.5 Å². The van der Waals surface area contributed by atoms with E-state index in [-0.39, 0.29) is 0 Å². The van der Waals surface area contributed by atoms with Gasteiger partial charge in [-0.15, -0.1) is 0 Å². The molecule has 1 aliphatic rings. The maximum atomic E-state index is 10.5. The Morgan fingerprint density at radius 3 is 2.90 bits per heavy atom. The van der Waals surface area contributed by atoms with E-state index >= 15 is 0 Å². The molecule has 1 aromatic rings. The number of guanidine groups is 1. The van der Waals surface area contributed by atoms with Crippen LogP contribution in [0.1, 0.15) is 18.9 Å². The number of hydrogen-bond acceptors (Lipinski definition) is 5. The Bertz CT molecular complexity index is 469. The highest BCUT2D eigenvalue weighted by Gasteiger charge is 2.32. The van der Waals surface area contributed by atoms with Gasteiger partial charge in [0.05, 0.1) is 12.1 Å². The molecule has 4 N–H and O–H groups in total. The van der Waals surface area contributed by atoms with Gasteiger partial charge >= 0.3 is 0 Å². The number of nitrogens with zero attached hydrogens (tertiary/aromatic N) is 1. The van der Waals surface area contributed by atoms with Crippen molar-refractivity contribution in [2.45, 2.75) is 24.5 Å². The fraction of sp³-hybridized carbons (Fsp3) is 0.643. The van der Waals surface area contributed by atoms with Crippen molar-refractivity contribution in [2.24, 2.45) is 4.99 Å². The number of aliphatic imine (C=N–C) groups is 1. The molecule has 2 rings (SSSR count). The molecule has 0 saturated carbocycles. The highest BCUT2D eigenvalue weighted by molar-refractivity contribution is 7.99. The van der Waals surface area contributed by atoms with Crippen molar-refractivity contribution < 1.29 is 10.2 Å². The predicted octanol–water partition coefficient (Wildman–Crippen LogP) is 0.989. The third-order valence-corrected chi connectivity index (χ3v) is 5.55. The number of nitrogens with one attached hydrogen (secondary N) is 2. The third-order valence-electron chi connectivity index (χ3n) is 3.63. The normalized spacial score (nSPS) is 25.6. The summed E-state index contributed by atoms with van der Waals surface area (Å²) in [5.74, 6) is 2.34. The van der Waals surface area contributed by atoms with Crippen LogP contribution in [-0.2, 0) is 5.60 Å². The summed E-state index contributed by atoms with van der Waals surface area (Å²) in [6, 6.07) is 1.92. The first-order chi connectivity index (χ1) is 9.95. The minimum absolute atomic E-state index is 0.358. The smallest absolute Gasteiger partial charge is 0.191 e. The van der Waals surface area contributed by atoms with Gasteiger partial charge in [0.1, 0.15) is 5.60 Å². The van der Waals surface area contributed by atoms with Crippen LogP contribution in [0, 0.1) is 0 Å². The maximum absolute atomic E-state index is 10.5. The summed E-state index contributed by atoms with van der Waals surface area (Å²) in [6.07, 6.45) is 0.800. The molecule has 21 heavy (non-hydrogen) atoms. The van der Waals surface area contributed by atoms with Gasteiger partial charge in [0, 0.05) is 19.3 Å². The quantitative estimate of drug-likeness (QED) is 0.479. The number of thiophene rings is 1. The largest absolute Gasteiger partial charge is 0.387 e. The molecule has 1 saturated heterocycles. The Kier molecular flexibility index (Phi) is 5.54. The summed E-state index contributed by atoms with van der Waals surface area (Å²) in [6.45, 7) is 2.60. The van der Waals surface area contributed by atoms with Gasteiger partial charge in [0.15, 0.2) is 5.96 Å². The van der Waals surface area contributed by atoms with Gasteiger partial charge in [0.2, 0.25) is 0 Å². The van der Waals surface area contributed by atoms with Crippen LogP contribution in [0.3, 0.4) is 0 Å². The lowest BCUT2D eigenvalue weighted by molar-refractivity contribution is 0.0612. The molecule has 5 nitrogen and oxygen atoms in total. The van der Waals surface area contributed by atoms with Crippen LogP contribution in [0.5, 0.6) is 0 Å². The Hall–Kier alpha value is -0.760. The van der Waals surface area contributed by atoms with E-state index in [0.29, 0.717) is 19.0 Å². The van der Waals surface area contributed by atoms with E-state index in [2.05, 4.69) is 15.6 Å². The van der Waals surface area contributed by atoms with Gasteiger partial charge in [-0.05, 0) is 41.5 Å². The van der Waals surface area contributed by atoms with Gasteiger partial charge in [0.25, 0.3) is 0 Å². The van der Waals surface area contributed by atoms with Crippen molar-refractivity contribution in [1.82, 2.24) is 10.6 Å². The van der Waals surface area contributed by atoms with Crippen molar-refractivity contribution >= 4 is 29.1 Å². The lowest BCUT2D eigenvalue weighted by Gasteiger charge is -2.26. The van der Waals surface area contributed by atoms with E-state index in [9.17, 15) is 10.2 Å². The van der Waals surface area contributed by atoms with Crippen LogP contribution in [-0.4, -0.2) is 53.4 Å². The van der Waals surface area contributed by atoms with Crippen LogP contribution in [0.2, 0.25) is 0 Å². The highest BCUT2D eigenvalue weighted by Crippen LogP contribution is 2.27. The monoisotopic (exact) mass is 329 g/mol. The number of aliphatic hydroxyl groups is 2. The maximum Gasteiger partial charge on any atom is 0.191 e. The average Bonchev–Trinajstić information content (AvgIpc) is 3.11. The minimum atomic E-state index is -0.947. The molecule has 2 unspecified atom stereocenters.